The summed E-state index contributed by atoms with van der Waals surface area (Å²) in [5, 5.41) is 0. The van der Waals surface area contributed by atoms with Crippen LogP contribution in [0.2, 0.25) is 0 Å². The number of carbonyl (C=O) groups is 1. The van der Waals surface area contributed by atoms with Gasteiger partial charge in [-0.1, -0.05) is 18.6 Å². The van der Waals surface area contributed by atoms with Crippen LogP contribution in [0.25, 0.3) is 0 Å². The fourth-order valence-corrected chi connectivity index (χ4v) is 1.90. The lowest BCUT2D eigenvalue weighted by molar-refractivity contribution is -0.146. The molecule has 0 spiro atoms. The Morgan fingerprint density at radius 3 is 2.92 bits per heavy atom. The van der Waals surface area contributed by atoms with Crippen LogP contribution in [0, 0.1) is 11.8 Å². The Kier molecular flexibility index (Phi) is 3.52. The Hall–Kier alpha value is -0.790. The van der Waals surface area contributed by atoms with Crippen LogP contribution < -0.4 is 0 Å². The number of carbonyl (C=O) groups excluding carboxylic acids is 1. The zero-order valence-electron chi connectivity index (χ0n) is 8.67. The molecule has 0 aromatic heterocycles. The summed E-state index contributed by atoms with van der Waals surface area (Å²) in [5.74, 6) is 0.317. The van der Waals surface area contributed by atoms with E-state index in [9.17, 15) is 4.79 Å². The van der Waals surface area contributed by atoms with Crippen molar-refractivity contribution in [3.63, 3.8) is 0 Å². The van der Waals surface area contributed by atoms with E-state index >= 15 is 0 Å². The zero-order chi connectivity index (χ0) is 9.84. The van der Waals surface area contributed by atoms with E-state index in [4.69, 9.17) is 4.74 Å². The van der Waals surface area contributed by atoms with Gasteiger partial charge in [0.05, 0.1) is 13.0 Å². The maximum Gasteiger partial charge on any atom is 0.308 e. The summed E-state index contributed by atoms with van der Waals surface area (Å²) in [4.78, 5) is 11.3. The van der Waals surface area contributed by atoms with Crippen molar-refractivity contribution < 1.29 is 9.53 Å². The van der Waals surface area contributed by atoms with Crippen molar-refractivity contribution >= 4 is 5.97 Å². The van der Waals surface area contributed by atoms with Crippen LogP contribution >= 0.6 is 0 Å². The third-order valence-electron chi connectivity index (χ3n) is 2.82. The van der Waals surface area contributed by atoms with E-state index < -0.39 is 0 Å². The molecule has 0 amide bonds. The van der Waals surface area contributed by atoms with Crippen LogP contribution in [0.15, 0.2) is 11.6 Å². The Balaban J connectivity index is 2.60. The molecular weight excluding hydrogens is 164 g/mol. The number of esters is 1. The Morgan fingerprint density at radius 1 is 1.69 bits per heavy atom. The normalized spacial score (nSPS) is 24.8. The number of ether oxygens (including phenoxy) is 1. The fourth-order valence-electron chi connectivity index (χ4n) is 1.90. The molecule has 1 rings (SSSR count). The van der Waals surface area contributed by atoms with Crippen LogP contribution in [0.5, 0.6) is 0 Å². The van der Waals surface area contributed by atoms with Gasteiger partial charge in [-0.3, -0.25) is 4.79 Å². The van der Waals surface area contributed by atoms with Gasteiger partial charge in [0.25, 0.3) is 0 Å². The highest BCUT2D eigenvalue weighted by Gasteiger charge is 2.24. The average Bonchev–Trinajstić information content (AvgIpc) is 2.15. The minimum absolute atomic E-state index is 0.0141. The lowest BCUT2D eigenvalue weighted by Gasteiger charge is -2.23. The summed E-state index contributed by atoms with van der Waals surface area (Å²) in [7, 11) is 1.46. The highest BCUT2D eigenvalue weighted by molar-refractivity contribution is 5.72. The van der Waals surface area contributed by atoms with Gasteiger partial charge in [0.15, 0.2) is 0 Å². The van der Waals surface area contributed by atoms with Crippen molar-refractivity contribution in [3.8, 4) is 0 Å². The van der Waals surface area contributed by atoms with Crippen molar-refractivity contribution in [2.45, 2.75) is 33.1 Å². The molecule has 2 nitrogen and oxygen atoms in total. The van der Waals surface area contributed by atoms with Crippen molar-refractivity contribution in [1.82, 2.24) is 0 Å². The lowest BCUT2D eigenvalue weighted by atomic mass is 9.83. The smallest absolute Gasteiger partial charge is 0.308 e. The van der Waals surface area contributed by atoms with Crippen LogP contribution in [0.4, 0.5) is 0 Å². The van der Waals surface area contributed by atoms with Crippen LogP contribution in [-0.2, 0) is 9.53 Å². The predicted molar refractivity (Wildman–Crippen MR) is 52.3 cm³/mol. The highest BCUT2D eigenvalue weighted by atomic mass is 16.5. The summed E-state index contributed by atoms with van der Waals surface area (Å²) in [6.45, 7) is 4.09. The molecule has 2 unspecified atom stereocenters. The number of hydrogen-bond donors (Lipinski definition) is 0. The molecule has 74 valence electrons. The average molecular weight is 182 g/mol. The van der Waals surface area contributed by atoms with Gasteiger partial charge in [-0.2, -0.15) is 0 Å². The standard InChI is InChI=1S/C11H18O2/c1-8-5-4-6-10(7-8)9(2)11(12)13-3/h7,9-10H,4-6H2,1-3H3. The molecule has 0 bridgehead atoms. The third kappa shape index (κ3) is 2.58. The molecule has 2 atom stereocenters. The van der Waals surface area contributed by atoms with Gasteiger partial charge in [0.2, 0.25) is 0 Å². The minimum Gasteiger partial charge on any atom is -0.469 e. The molecule has 0 fully saturated rings. The molecular formula is C11H18O2. The second-order valence-electron chi connectivity index (χ2n) is 3.88. The highest BCUT2D eigenvalue weighted by Crippen LogP contribution is 2.28. The molecule has 2 heteroatoms. The summed E-state index contributed by atoms with van der Waals surface area (Å²) in [5.41, 5.74) is 1.41. The molecule has 0 aliphatic heterocycles. The van der Waals surface area contributed by atoms with E-state index in [1.54, 1.807) is 0 Å². The summed E-state index contributed by atoms with van der Waals surface area (Å²) < 4.78 is 4.73. The van der Waals surface area contributed by atoms with Crippen LogP contribution in [-0.4, -0.2) is 13.1 Å². The fraction of sp³-hybridized carbons (Fsp3) is 0.727. The molecule has 0 aromatic rings. The van der Waals surface area contributed by atoms with Crippen LogP contribution in [0.1, 0.15) is 33.1 Å². The van der Waals surface area contributed by atoms with E-state index in [-0.39, 0.29) is 11.9 Å². The number of hydrogen-bond acceptors (Lipinski definition) is 2. The number of rotatable bonds is 2. The first-order chi connectivity index (χ1) is 6.15. The second-order valence-corrected chi connectivity index (χ2v) is 3.88. The summed E-state index contributed by atoms with van der Waals surface area (Å²) >= 11 is 0. The lowest BCUT2D eigenvalue weighted by Crippen LogP contribution is -2.22. The molecule has 0 radical (unpaired) electrons. The van der Waals surface area contributed by atoms with Crippen LogP contribution in [0.3, 0.4) is 0 Å². The van der Waals surface area contributed by atoms with Crippen molar-refractivity contribution in [1.29, 1.82) is 0 Å². The first-order valence-corrected chi connectivity index (χ1v) is 4.90. The van der Waals surface area contributed by atoms with Gasteiger partial charge in [0, 0.05) is 0 Å². The summed E-state index contributed by atoms with van der Waals surface area (Å²) in [6.07, 6.45) is 5.73. The van der Waals surface area contributed by atoms with Gasteiger partial charge in [-0.15, -0.1) is 0 Å². The summed E-state index contributed by atoms with van der Waals surface area (Å²) in [6, 6.07) is 0. The largest absolute Gasteiger partial charge is 0.469 e. The van der Waals surface area contributed by atoms with E-state index in [0.29, 0.717) is 5.92 Å². The Bertz CT molecular complexity index is 218. The number of methoxy groups -OCH3 is 1. The van der Waals surface area contributed by atoms with Crippen molar-refractivity contribution in [3.05, 3.63) is 11.6 Å². The maximum atomic E-state index is 11.3. The first-order valence-electron chi connectivity index (χ1n) is 4.90. The first kappa shape index (κ1) is 10.3. The SMILES string of the molecule is COC(=O)C(C)C1C=C(C)CCC1. The molecule has 0 saturated heterocycles. The third-order valence-corrected chi connectivity index (χ3v) is 2.82. The van der Waals surface area contributed by atoms with Gasteiger partial charge in [-0.05, 0) is 32.1 Å². The van der Waals surface area contributed by atoms with Crippen molar-refractivity contribution in [2.75, 3.05) is 7.11 Å². The van der Waals surface area contributed by atoms with Gasteiger partial charge >= 0.3 is 5.97 Å². The Labute approximate surface area is 80.0 Å². The molecule has 13 heavy (non-hydrogen) atoms. The molecule has 0 aromatic carbocycles. The molecule has 0 N–H and O–H groups in total. The van der Waals surface area contributed by atoms with Gasteiger partial charge < -0.3 is 4.74 Å². The molecule has 1 aliphatic carbocycles. The Morgan fingerprint density at radius 2 is 2.38 bits per heavy atom. The van der Waals surface area contributed by atoms with E-state index in [2.05, 4.69) is 13.0 Å². The van der Waals surface area contributed by atoms with E-state index in [0.717, 1.165) is 6.42 Å². The molecule has 0 saturated carbocycles. The van der Waals surface area contributed by atoms with Gasteiger partial charge in [0.1, 0.15) is 0 Å². The maximum absolute atomic E-state index is 11.3. The molecule has 1 aliphatic rings. The van der Waals surface area contributed by atoms with E-state index in [1.165, 1.54) is 25.5 Å². The second kappa shape index (κ2) is 4.45. The quantitative estimate of drug-likeness (QED) is 0.484. The van der Waals surface area contributed by atoms with Crippen molar-refractivity contribution in [2.24, 2.45) is 11.8 Å². The topological polar surface area (TPSA) is 26.3 Å². The predicted octanol–water partition coefficient (Wildman–Crippen LogP) is 2.54. The zero-order valence-corrected chi connectivity index (χ0v) is 8.67. The monoisotopic (exact) mass is 182 g/mol. The minimum atomic E-state index is -0.0871. The molecule has 0 heterocycles. The number of allylic oxidation sites excluding steroid dienone is 2. The van der Waals surface area contributed by atoms with Gasteiger partial charge in [-0.25, -0.2) is 0 Å². The van der Waals surface area contributed by atoms with E-state index in [1.807, 2.05) is 6.92 Å².